The molecule has 1 aromatic heterocycles. The van der Waals surface area contributed by atoms with Crippen molar-refractivity contribution in [3.63, 3.8) is 0 Å². The lowest BCUT2D eigenvalue weighted by Gasteiger charge is -2.14. The molecule has 2 aromatic rings. The standard InChI is InChI=1S/C17H18N4O2/c1-2-13(6-9-18)20-17(22)21-14-4-3-5-16(12-14)23-15-7-10-19-11-8-15/h3-5,7-8,10-13H,2,6H2,1H3,(H2,20,21,22)/t13-/m1/s1. The molecule has 0 aliphatic carbocycles. The maximum atomic E-state index is 11.9. The Balaban J connectivity index is 1.97. The van der Waals surface area contributed by atoms with Gasteiger partial charge in [-0.2, -0.15) is 5.26 Å². The minimum Gasteiger partial charge on any atom is -0.457 e. The topological polar surface area (TPSA) is 87.0 Å². The van der Waals surface area contributed by atoms with Crippen LogP contribution in [0.25, 0.3) is 0 Å². The van der Waals surface area contributed by atoms with Gasteiger partial charge in [0.1, 0.15) is 11.5 Å². The first-order chi connectivity index (χ1) is 11.2. The van der Waals surface area contributed by atoms with Crippen LogP contribution in [0.1, 0.15) is 19.8 Å². The van der Waals surface area contributed by atoms with Crippen LogP contribution in [-0.2, 0) is 0 Å². The normalized spacial score (nSPS) is 11.1. The molecule has 6 heteroatoms. The molecule has 0 aliphatic rings. The van der Waals surface area contributed by atoms with E-state index in [1.54, 1.807) is 48.8 Å². The van der Waals surface area contributed by atoms with Crippen LogP contribution in [0, 0.1) is 11.3 Å². The zero-order chi connectivity index (χ0) is 16.5. The molecule has 0 saturated heterocycles. The number of nitrogens with one attached hydrogen (secondary N) is 2. The van der Waals surface area contributed by atoms with Crippen LogP contribution in [-0.4, -0.2) is 17.1 Å². The Bertz CT molecular complexity index is 682. The van der Waals surface area contributed by atoms with Gasteiger partial charge in [0.05, 0.1) is 12.5 Å². The van der Waals surface area contributed by atoms with E-state index < -0.39 is 0 Å². The van der Waals surface area contributed by atoms with Crippen molar-refractivity contribution < 1.29 is 9.53 Å². The van der Waals surface area contributed by atoms with Gasteiger partial charge in [-0.3, -0.25) is 4.98 Å². The Kier molecular flexibility index (Phi) is 5.95. The van der Waals surface area contributed by atoms with Gasteiger partial charge in [-0.15, -0.1) is 0 Å². The largest absolute Gasteiger partial charge is 0.457 e. The van der Waals surface area contributed by atoms with Gasteiger partial charge in [0.2, 0.25) is 0 Å². The molecule has 1 aromatic carbocycles. The van der Waals surface area contributed by atoms with E-state index >= 15 is 0 Å². The van der Waals surface area contributed by atoms with E-state index in [1.165, 1.54) is 0 Å². The molecule has 0 radical (unpaired) electrons. The first-order valence-corrected chi connectivity index (χ1v) is 7.33. The van der Waals surface area contributed by atoms with Crippen molar-refractivity contribution in [3.05, 3.63) is 48.8 Å². The summed E-state index contributed by atoms with van der Waals surface area (Å²) < 4.78 is 5.69. The highest BCUT2D eigenvalue weighted by molar-refractivity contribution is 5.89. The molecule has 1 heterocycles. The Labute approximate surface area is 135 Å². The summed E-state index contributed by atoms with van der Waals surface area (Å²) in [6.07, 6.45) is 4.28. The van der Waals surface area contributed by atoms with Crippen LogP contribution in [0.3, 0.4) is 0 Å². The van der Waals surface area contributed by atoms with Crippen molar-refractivity contribution in [2.24, 2.45) is 0 Å². The number of anilines is 1. The van der Waals surface area contributed by atoms with Crippen LogP contribution in [0.2, 0.25) is 0 Å². The molecule has 2 N–H and O–H groups in total. The maximum Gasteiger partial charge on any atom is 0.319 e. The van der Waals surface area contributed by atoms with Gasteiger partial charge in [0.15, 0.2) is 0 Å². The van der Waals surface area contributed by atoms with Gasteiger partial charge >= 0.3 is 6.03 Å². The van der Waals surface area contributed by atoms with Crippen molar-refractivity contribution >= 4 is 11.7 Å². The summed E-state index contributed by atoms with van der Waals surface area (Å²) in [4.78, 5) is 15.9. The van der Waals surface area contributed by atoms with Gasteiger partial charge in [0, 0.05) is 30.2 Å². The van der Waals surface area contributed by atoms with Crippen molar-refractivity contribution in [2.75, 3.05) is 5.32 Å². The Hall–Kier alpha value is -3.07. The van der Waals surface area contributed by atoms with Gasteiger partial charge in [-0.25, -0.2) is 4.79 Å². The SMILES string of the molecule is CC[C@H](CC#N)NC(=O)Nc1cccc(Oc2ccncc2)c1. The van der Waals surface area contributed by atoms with Crippen LogP contribution < -0.4 is 15.4 Å². The van der Waals surface area contributed by atoms with E-state index in [4.69, 9.17) is 10.00 Å². The average molecular weight is 310 g/mol. The fraction of sp³-hybridized carbons (Fsp3) is 0.235. The molecule has 2 amide bonds. The summed E-state index contributed by atoms with van der Waals surface area (Å²) in [5.41, 5.74) is 0.612. The number of pyridine rings is 1. The second kappa shape index (κ2) is 8.39. The summed E-state index contributed by atoms with van der Waals surface area (Å²) in [7, 11) is 0. The molecule has 0 unspecified atom stereocenters. The van der Waals surface area contributed by atoms with Gasteiger partial charge in [-0.1, -0.05) is 13.0 Å². The smallest absolute Gasteiger partial charge is 0.319 e. The molecule has 118 valence electrons. The predicted octanol–water partition coefficient (Wildman–Crippen LogP) is 3.69. The molecule has 23 heavy (non-hydrogen) atoms. The number of carbonyl (C=O) groups is 1. The molecular weight excluding hydrogens is 292 g/mol. The van der Waals surface area contributed by atoms with Gasteiger partial charge < -0.3 is 15.4 Å². The zero-order valence-electron chi connectivity index (χ0n) is 12.8. The summed E-state index contributed by atoms with van der Waals surface area (Å²) in [5.74, 6) is 1.28. The van der Waals surface area contributed by atoms with Crippen LogP contribution in [0.15, 0.2) is 48.8 Å². The molecule has 0 fully saturated rings. The first-order valence-electron chi connectivity index (χ1n) is 7.33. The Morgan fingerprint density at radius 2 is 2.09 bits per heavy atom. The second-order valence-corrected chi connectivity index (χ2v) is 4.88. The van der Waals surface area contributed by atoms with Crippen LogP contribution in [0.5, 0.6) is 11.5 Å². The summed E-state index contributed by atoms with van der Waals surface area (Å²) >= 11 is 0. The molecule has 0 spiro atoms. The fourth-order valence-electron chi connectivity index (χ4n) is 1.94. The first kappa shape index (κ1) is 16.3. The Morgan fingerprint density at radius 1 is 1.30 bits per heavy atom. The number of benzene rings is 1. The number of ether oxygens (including phenoxy) is 1. The third-order valence-electron chi connectivity index (χ3n) is 3.14. The van der Waals surface area contributed by atoms with Crippen molar-refractivity contribution in [1.29, 1.82) is 5.26 Å². The van der Waals surface area contributed by atoms with E-state index in [-0.39, 0.29) is 18.5 Å². The third-order valence-corrected chi connectivity index (χ3v) is 3.14. The highest BCUT2D eigenvalue weighted by Gasteiger charge is 2.10. The number of urea groups is 1. The lowest BCUT2D eigenvalue weighted by atomic mass is 10.2. The third kappa shape index (κ3) is 5.32. The maximum absolute atomic E-state index is 11.9. The molecule has 0 aliphatic heterocycles. The monoisotopic (exact) mass is 310 g/mol. The molecule has 6 nitrogen and oxygen atoms in total. The number of hydrogen-bond acceptors (Lipinski definition) is 4. The van der Waals surface area contributed by atoms with E-state index in [1.807, 2.05) is 6.92 Å². The number of carbonyl (C=O) groups excluding carboxylic acids is 1. The van der Waals surface area contributed by atoms with Crippen LogP contribution >= 0.6 is 0 Å². The minimum absolute atomic E-state index is 0.156. The van der Waals surface area contributed by atoms with E-state index in [0.717, 1.165) is 0 Å². The fourth-order valence-corrected chi connectivity index (χ4v) is 1.94. The molecule has 0 saturated carbocycles. The lowest BCUT2D eigenvalue weighted by Crippen LogP contribution is -2.37. The number of nitrogens with zero attached hydrogens (tertiary/aromatic N) is 2. The summed E-state index contributed by atoms with van der Waals surface area (Å²) in [6.45, 7) is 1.92. The van der Waals surface area contributed by atoms with E-state index in [9.17, 15) is 4.79 Å². The lowest BCUT2D eigenvalue weighted by molar-refractivity contribution is 0.248. The quantitative estimate of drug-likeness (QED) is 0.852. The van der Waals surface area contributed by atoms with Crippen molar-refractivity contribution in [3.8, 4) is 17.6 Å². The molecule has 1 atom stereocenters. The van der Waals surface area contributed by atoms with Gasteiger partial charge in [-0.05, 0) is 30.7 Å². The van der Waals surface area contributed by atoms with Crippen molar-refractivity contribution in [1.82, 2.24) is 10.3 Å². The molecule has 0 bridgehead atoms. The number of aromatic nitrogens is 1. The predicted molar refractivity (Wildman–Crippen MR) is 87.2 cm³/mol. The van der Waals surface area contributed by atoms with Crippen molar-refractivity contribution in [2.45, 2.75) is 25.8 Å². The summed E-state index contributed by atoms with van der Waals surface area (Å²) in [5, 5.41) is 14.2. The van der Waals surface area contributed by atoms with E-state index in [0.29, 0.717) is 23.6 Å². The number of hydrogen-bond donors (Lipinski definition) is 2. The second-order valence-electron chi connectivity index (χ2n) is 4.88. The van der Waals surface area contributed by atoms with Crippen LogP contribution in [0.4, 0.5) is 10.5 Å². The Morgan fingerprint density at radius 3 is 2.78 bits per heavy atom. The number of nitriles is 1. The highest BCUT2D eigenvalue weighted by Crippen LogP contribution is 2.23. The highest BCUT2D eigenvalue weighted by atomic mass is 16.5. The average Bonchev–Trinajstić information content (AvgIpc) is 2.55. The molecule has 2 rings (SSSR count). The number of amides is 2. The molecular formula is C17H18N4O2. The van der Waals surface area contributed by atoms with E-state index in [2.05, 4.69) is 21.7 Å². The van der Waals surface area contributed by atoms with Gasteiger partial charge in [0.25, 0.3) is 0 Å². The zero-order valence-corrected chi connectivity index (χ0v) is 12.8. The summed E-state index contributed by atoms with van der Waals surface area (Å²) in [6, 6.07) is 12.1. The number of rotatable bonds is 6. The minimum atomic E-state index is -0.340.